The van der Waals surface area contributed by atoms with Gasteiger partial charge in [0, 0.05) is 13.1 Å². The number of nitrogens with zero attached hydrogens (tertiary/aromatic N) is 3. The summed E-state index contributed by atoms with van der Waals surface area (Å²) in [7, 11) is 0. The first-order chi connectivity index (χ1) is 13.9. The third-order valence-corrected chi connectivity index (χ3v) is 5.69. The van der Waals surface area contributed by atoms with Gasteiger partial charge in [-0.1, -0.05) is 36.4 Å². The van der Waals surface area contributed by atoms with Crippen LogP contribution in [-0.4, -0.2) is 44.2 Å². The number of hydrogen-bond acceptors (Lipinski definition) is 4. The fourth-order valence-electron chi connectivity index (χ4n) is 3.91. The van der Waals surface area contributed by atoms with Gasteiger partial charge in [-0.25, -0.2) is 4.98 Å². The average molecular weight is 391 g/mol. The van der Waals surface area contributed by atoms with Crippen molar-refractivity contribution in [1.29, 1.82) is 0 Å². The Labute approximate surface area is 169 Å². The van der Waals surface area contributed by atoms with Crippen LogP contribution in [0.4, 0.5) is 0 Å². The van der Waals surface area contributed by atoms with E-state index in [9.17, 15) is 14.7 Å². The largest absolute Gasteiger partial charge is 0.388 e. The topological polar surface area (TPSA) is 75.4 Å². The Morgan fingerprint density at radius 2 is 1.86 bits per heavy atom. The number of aliphatic hydroxyl groups is 1. The molecule has 6 heteroatoms. The summed E-state index contributed by atoms with van der Waals surface area (Å²) >= 11 is 0. The number of likely N-dealkylation sites (tertiary alicyclic amines) is 1. The van der Waals surface area contributed by atoms with Gasteiger partial charge in [0.25, 0.3) is 5.56 Å². The number of rotatable bonds is 4. The van der Waals surface area contributed by atoms with Gasteiger partial charge < -0.3 is 10.0 Å². The van der Waals surface area contributed by atoms with Crippen LogP contribution in [0.15, 0.2) is 59.7 Å². The molecular weight excluding hydrogens is 366 g/mol. The first kappa shape index (κ1) is 19.3. The molecule has 2 aromatic carbocycles. The maximum absolute atomic E-state index is 12.8. The van der Waals surface area contributed by atoms with Crippen molar-refractivity contribution in [2.24, 2.45) is 0 Å². The summed E-state index contributed by atoms with van der Waals surface area (Å²) in [5.41, 5.74) is 1.54. The Morgan fingerprint density at radius 1 is 1.14 bits per heavy atom. The van der Waals surface area contributed by atoms with Gasteiger partial charge in [0.15, 0.2) is 0 Å². The predicted molar refractivity (Wildman–Crippen MR) is 112 cm³/mol. The third kappa shape index (κ3) is 4.22. The van der Waals surface area contributed by atoms with Crippen molar-refractivity contribution < 1.29 is 9.90 Å². The Morgan fingerprint density at radius 3 is 2.59 bits per heavy atom. The van der Waals surface area contributed by atoms with Crippen molar-refractivity contribution in [2.45, 2.75) is 38.3 Å². The lowest BCUT2D eigenvalue weighted by Gasteiger charge is -2.38. The van der Waals surface area contributed by atoms with Crippen LogP contribution >= 0.6 is 0 Å². The summed E-state index contributed by atoms with van der Waals surface area (Å²) in [6, 6.07) is 15.2. The molecule has 1 amide bonds. The Hall–Kier alpha value is -2.99. The van der Waals surface area contributed by atoms with Gasteiger partial charge in [-0.3, -0.25) is 14.2 Å². The SMILES string of the molecule is Cc1ccc2c(=O)n(CC3(O)CCN(C(=O)Cc4ccccc4)CC3)cnc2c1. The molecule has 0 saturated carbocycles. The first-order valence-corrected chi connectivity index (χ1v) is 9.93. The molecule has 1 aromatic heterocycles. The van der Waals surface area contributed by atoms with Crippen molar-refractivity contribution in [3.63, 3.8) is 0 Å². The third-order valence-electron chi connectivity index (χ3n) is 5.69. The van der Waals surface area contributed by atoms with Crippen LogP contribution in [0.2, 0.25) is 0 Å². The van der Waals surface area contributed by atoms with E-state index in [1.807, 2.05) is 49.4 Å². The summed E-state index contributed by atoms with van der Waals surface area (Å²) in [6.07, 6.45) is 2.75. The summed E-state index contributed by atoms with van der Waals surface area (Å²) < 4.78 is 1.49. The molecule has 1 N–H and O–H groups in total. The maximum Gasteiger partial charge on any atom is 0.261 e. The van der Waals surface area contributed by atoms with E-state index in [1.54, 1.807) is 11.0 Å². The zero-order valence-corrected chi connectivity index (χ0v) is 16.5. The fourth-order valence-corrected chi connectivity index (χ4v) is 3.91. The molecule has 1 saturated heterocycles. The molecule has 3 aromatic rings. The van der Waals surface area contributed by atoms with Gasteiger partial charge in [0.05, 0.1) is 35.8 Å². The molecule has 1 aliphatic rings. The number of aryl methyl sites for hydroxylation is 1. The minimum atomic E-state index is -1.02. The lowest BCUT2D eigenvalue weighted by Crippen LogP contribution is -2.50. The van der Waals surface area contributed by atoms with Crippen molar-refractivity contribution in [2.75, 3.05) is 13.1 Å². The highest BCUT2D eigenvalue weighted by atomic mass is 16.3. The first-order valence-electron chi connectivity index (χ1n) is 9.93. The molecule has 0 unspecified atom stereocenters. The maximum atomic E-state index is 12.8. The fraction of sp³-hybridized carbons (Fsp3) is 0.348. The molecular formula is C23H25N3O3. The Kier molecular flexibility index (Phi) is 5.20. The summed E-state index contributed by atoms with van der Waals surface area (Å²) in [5.74, 6) is 0.0677. The van der Waals surface area contributed by atoms with Crippen molar-refractivity contribution in [3.05, 3.63) is 76.3 Å². The lowest BCUT2D eigenvalue weighted by atomic mass is 9.91. The monoisotopic (exact) mass is 391 g/mol. The van der Waals surface area contributed by atoms with Gasteiger partial charge in [-0.15, -0.1) is 0 Å². The van der Waals surface area contributed by atoms with Crippen LogP contribution < -0.4 is 5.56 Å². The molecule has 150 valence electrons. The molecule has 1 fully saturated rings. The molecule has 6 nitrogen and oxygen atoms in total. The number of carbonyl (C=O) groups is 1. The van der Waals surface area contributed by atoms with E-state index in [1.165, 1.54) is 10.9 Å². The van der Waals surface area contributed by atoms with Crippen LogP contribution in [0.5, 0.6) is 0 Å². The smallest absolute Gasteiger partial charge is 0.261 e. The Balaban J connectivity index is 1.43. The van der Waals surface area contributed by atoms with Gasteiger partial charge in [-0.05, 0) is 43.0 Å². The lowest BCUT2D eigenvalue weighted by molar-refractivity contribution is -0.135. The second-order valence-electron chi connectivity index (χ2n) is 7.97. The summed E-state index contributed by atoms with van der Waals surface area (Å²) in [4.78, 5) is 31.5. The second-order valence-corrected chi connectivity index (χ2v) is 7.97. The van der Waals surface area contributed by atoms with Gasteiger partial charge in [0.2, 0.25) is 5.91 Å². The van der Waals surface area contributed by atoms with Gasteiger partial charge in [0.1, 0.15) is 0 Å². The minimum Gasteiger partial charge on any atom is -0.388 e. The van der Waals surface area contributed by atoms with E-state index < -0.39 is 5.60 Å². The number of amides is 1. The normalized spacial score (nSPS) is 16.1. The van der Waals surface area contributed by atoms with E-state index in [0.717, 1.165) is 11.1 Å². The van der Waals surface area contributed by atoms with E-state index in [-0.39, 0.29) is 18.0 Å². The van der Waals surface area contributed by atoms with Crippen LogP contribution in [0.25, 0.3) is 10.9 Å². The molecule has 29 heavy (non-hydrogen) atoms. The van der Waals surface area contributed by atoms with Crippen LogP contribution in [0, 0.1) is 6.92 Å². The molecule has 0 atom stereocenters. The average Bonchev–Trinajstić information content (AvgIpc) is 2.71. The van der Waals surface area contributed by atoms with E-state index in [4.69, 9.17) is 0 Å². The minimum absolute atomic E-state index is 0.0677. The number of benzene rings is 2. The molecule has 1 aliphatic heterocycles. The van der Waals surface area contributed by atoms with Crippen molar-refractivity contribution >= 4 is 16.8 Å². The zero-order chi connectivity index (χ0) is 20.4. The van der Waals surface area contributed by atoms with E-state index in [2.05, 4.69) is 4.98 Å². The van der Waals surface area contributed by atoms with Crippen LogP contribution in [-0.2, 0) is 17.8 Å². The molecule has 4 rings (SSSR count). The summed E-state index contributed by atoms with van der Waals surface area (Å²) in [5, 5.41) is 11.6. The Bertz CT molecular complexity index is 1080. The predicted octanol–water partition coefficient (Wildman–Crippen LogP) is 2.30. The molecule has 0 radical (unpaired) electrons. The van der Waals surface area contributed by atoms with Crippen LogP contribution in [0.1, 0.15) is 24.0 Å². The quantitative estimate of drug-likeness (QED) is 0.741. The summed E-state index contributed by atoms with van der Waals surface area (Å²) in [6.45, 7) is 3.11. The highest BCUT2D eigenvalue weighted by Crippen LogP contribution is 2.24. The zero-order valence-electron chi connectivity index (χ0n) is 16.5. The molecule has 2 heterocycles. The molecule has 0 spiro atoms. The van der Waals surface area contributed by atoms with Gasteiger partial charge in [-0.2, -0.15) is 0 Å². The highest BCUT2D eigenvalue weighted by Gasteiger charge is 2.34. The number of hydrogen-bond donors (Lipinski definition) is 1. The van der Waals surface area contributed by atoms with Crippen molar-refractivity contribution in [1.82, 2.24) is 14.5 Å². The number of piperidine rings is 1. The van der Waals surface area contributed by atoms with Crippen LogP contribution in [0.3, 0.4) is 0 Å². The second kappa shape index (κ2) is 7.79. The number of aromatic nitrogens is 2. The molecule has 0 bridgehead atoms. The number of fused-ring (bicyclic) bond motifs is 1. The van der Waals surface area contributed by atoms with E-state index >= 15 is 0 Å². The van der Waals surface area contributed by atoms with E-state index in [0.29, 0.717) is 43.3 Å². The highest BCUT2D eigenvalue weighted by molar-refractivity contribution is 5.79. The van der Waals surface area contributed by atoms with Crippen molar-refractivity contribution in [3.8, 4) is 0 Å². The standard InChI is InChI=1S/C23H25N3O3/c1-17-7-8-19-20(13-17)24-16-26(22(19)28)15-23(29)9-11-25(12-10-23)21(27)14-18-5-3-2-4-6-18/h2-8,13,16,29H,9-12,14-15H2,1H3. The molecule has 0 aliphatic carbocycles. The number of carbonyl (C=O) groups excluding carboxylic acids is 1. The van der Waals surface area contributed by atoms with Gasteiger partial charge >= 0.3 is 0 Å².